The molecule has 0 radical (unpaired) electrons. The number of hydrogen-bond acceptors (Lipinski definition) is 6. The fourth-order valence-corrected chi connectivity index (χ4v) is 6.21. The fourth-order valence-electron chi connectivity index (χ4n) is 6.21. The van der Waals surface area contributed by atoms with Crippen LogP contribution < -0.4 is 21.1 Å². The van der Waals surface area contributed by atoms with Crippen molar-refractivity contribution in [1.29, 1.82) is 0 Å². The van der Waals surface area contributed by atoms with Crippen molar-refractivity contribution in [3.8, 4) is 17.6 Å². The molecule has 1 saturated carbocycles. The Balaban J connectivity index is 1.34. The molecule has 1 saturated heterocycles. The van der Waals surface area contributed by atoms with Crippen molar-refractivity contribution in [1.82, 2.24) is 9.47 Å². The summed E-state index contributed by atoms with van der Waals surface area (Å²) < 4.78 is 67.2. The molecule has 1 aliphatic heterocycles. The van der Waals surface area contributed by atoms with Crippen LogP contribution in [0, 0.1) is 17.7 Å². The van der Waals surface area contributed by atoms with Crippen molar-refractivity contribution < 1.29 is 31.8 Å². The van der Waals surface area contributed by atoms with E-state index >= 15 is 0 Å². The lowest BCUT2D eigenvalue weighted by atomic mass is 9.79. The molecule has 4 N–H and O–H groups in total. The van der Waals surface area contributed by atoms with Gasteiger partial charge in [-0.2, -0.15) is 13.2 Å². The molecule has 1 aromatic heterocycles. The molecule has 5 rings (SSSR count). The average molecular weight is 616 g/mol. The van der Waals surface area contributed by atoms with Crippen LogP contribution in [0.25, 0.3) is 10.9 Å². The summed E-state index contributed by atoms with van der Waals surface area (Å²) >= 11 is 0. The van der Waals surface area contributed by atoms with Crippen LogP contribution in [0.4, 0.5) is 28.9 Å². The summed E-state index contributed by atoms with van der Waals surface area (Å²) in [5, 5.41) is 7.17. The number of carbonyl (C=O) groups is 1. The average Bonchev–Trinajstić information content (AvgIpc) is 3.33. The molecule has 2 heterocycles. The second-order valence-corrected chi connectivity index (χ2v) is 11.5. The first-order valence-corrected chi connectivity index (χ1v) is 14.7. The van der Waals surface area contributed by atoms with Gasteiger partial charge in [0.25, 0.3) is 5.91 Å². The van der Waals surface area contributed by atoms with E-state index in [9.17, 15) is 22.4 Å². The Morgan fingerprint density at radius 2 is 1.89 bits per heavy atom. The number of nitrogens with zero attached hydrogens (tertiary/aromatic N) is 2. The summed E-state index contributed by atoms with van der Waals surface area (Å²) in [6.07, 6.45) is -0.490. The fraction of sp³-hybridized carbons (Fsp3) is 0.469. The number of amides is 1. The highest BCUT2D eigenvalue weighted by Crippen LogP contribution is 2.37. The van der Waals surface area contributed by atoms with Gasteiger partial charge in [0.1, 0.15) is 18.1 Å². The lowest BCUT2D eigenvalue weighted by Gasteiger charge is -2.47. The zero-order valence-corrected chi connectivity index (χ0v) is 24.8. The second kappa shape index (κ2) is 13.0. The minimum absolute atomic E-state index is 0.0195. The van der Waals surface area contributed by atoms with Gasteiger partial charge in [0, 0.05) is 41.8 Å². The van der Waals surface area contributed by atoms with E-state index in [1.165, 1.54) is 17.7 Å². The highest BCUT2D eigenvalue weighted by atomic mass is 19.4. The number of carbonyl (C=O) groups excluding carboxylic acids is 1. The molecule has 44 heavy (non-hydrogen) atoms. The van der Waals surface area contributed by atoms with Gasteiger partial charge in [-0.15, -0.1) is 0 Å². The summed E-state index contributed by atoms with van der Waals surface area (Å²) in [6, 6.07) is 9.44. The molecule has 2 aliphatic rings. The SMILES string of the molecule is COc1cc(C(N)=O)c(F)cc1NCC#Cc1cc2c(NC3CCC(C)(N4CCOCC4)CC3)cccc2n1CC(F)(F)F. The first-order chi connectivity index (χ1) is 21.0. The van der Waals surface area contributed by atoms with Crippen LogP contribution in [0.3, 0.4) is 0 Å². The third-order valence-corrected chi connectivity index (χ3v) is 8.62. The molecule has 236 valence electrons. The molecule has 0 unspecified atom stereocenters. The van der Waals surface area contributed by atoms with Crippen molar-refractivity contribution in [3.63, 3.8) is 0 Å². The number of primary amides is 1. The number of ether oxygens (including phenoxy) is 2. The molecule has 2 aromatic carbocycles. The van der Waals surface area contributed by atoms with Crippen LogP contribution in [0.2, 0.25) is 0 Å². The number of anilines is 2. The van der Waals surface area contributed by atoms with Crippen LogP contribution in [0.5, 0.6) is 5.75 Å². The summed E-state index contributed by atoms with van der Waals surface area (Å²) in [7, 11) is 1.35. The molecular formula is C32H37F4N5O3. The molecule has 1 aliphatic carbocycles. The van der Waals surface area contributed by atoms with Gasteiger partial charge < -0.3 is 30.4 Å². The number of fused-ring (bicyclic) bond motifs is 1. The van der Waals surface area contributed by atoms with E-state index < -0.39 is 24.4 Å². The first kappa shape index (κ1) is 31.5. The zero-order valence-electron chi connectivity index (χ0n) is 24.8. The van der Waals surface area contributed by atoms with Gasteiger partial charge in [-0.1, -0.05) is 12.0 Å². The number of morpholine rings is 1. The monoisotopic (exact) mass is 615 g/mol. The van der Waals surface area contributed by atoms with Crippen LogP contribution in [0.15, 0.2) is 36.4 Å². The molecular weight excluding hydrogens is 578 g/mol. The maximum atomic E-state index is 14.3. The number of hydrogen-bond donors (Lipinski definition) is 3. The molecule has 2 fully saturated rings. The van der Waals surface area contributed by atoms with Crippen molar-refractivity contribution in [2.45, 2.75) is 56.9 Å². The van der Waals surface area contributed by atoms with Gasteiger partial charge in [0.15, 0.2) is 0 Å². The highest BCUT2D eigenvalue weighted by molar-refractivity contribution is 5.95. The van der Waals surface area contributed by atoms with Gasteiger partial charge in [0.2, 0.25) is 0 Å². The first-order valence-electron chi connectivity index (χ1n) is 14.7. The van der Waals surface area contributed by atoms with Gasteiger partial charge in [-0.3, -0.25) is 9.69 Å². The van der Waals surface area contributed by atoms with E-state index in [0.29, 0.717) is 10.9 Å². The Morgan fingerprint density at radius 3 is 2.55 bits per heavy atom. The smallest absolute Gasteiger partial charge is 0.406 e. The minimum atomic E-state index is -4.45. The van der Waals surface area contributed by atoms with E-state index in [4.69, 9.17) is 15.2 Å². The molecule has 0 atom stereocenters. The van der Waals surface area contributed by atoms with Gasteiger partial charge >= 0.3 is 6.18 Å². The van der Waals surface area contributed by atoms with E-state index in [0.717, 1.165) is 63.7 Å². The lowest BCUT2D eigenvalue weighted by Crippen LogP contribution is -2.54. The van der Waals surface area contributed by atoms with Gasteiger partial charge in [-0.05, 0) is 62.8 Å². The number of benzene rings is 2. The lowest BCUT2D eigenvalue weighted by molar-refractivity contribution is -0.140. The third kappa shape index (κ3) is 7.05. The minimum Gasteiger partial charge on any atom is -0.495 e. The standard InChI is InChI=1S/C32H37F4N5O3/c1-31(40-13-15-44-16-14-40)10-8-21(9-11-31)39-26-6-3-7-28-24(26)17-22(41(28)20-32(34,35)36)5-4-12-38-27-19-25(33)23(30(37)42)18-29(27)43-2/h3,6-7,17-19,21,38-39H,8-16,20H2,1-2H3,(H2,37,42). The molecule has 8 nitrogen and oxygen atoms in total. The number of nitrogens with one attached hydrogen (secondary N) is 2. The number of halogens is 4. The highest BCUT2D eigenvalue weighted by Gasteiger charge is 2.37. The van der Waals surface area contributed by atoms with E-state index in [-0.39, 0.29) is 40.8 Å². The predicted molar refractivity (Wildman–Crippen MR) is 162 cm³/mol. The molecule has 12 heteroatoms. The number of nitrogens with two attached hydrogens (primary N) is 1. The quantitative estimate of drug-likeness (QED) is 0.234. The Kier molecular flexibility index (Phi) is 9.27. The van der Waals surface area contributed by atoms with E-state index in [2.05, 4.69) is 34.3 Å². The molecule has 0 spiro atoms. The summed E-state index contributed by atoms with van der Waals surface area (Å²) in [6.45, 7) is 4.49. The summed E-state index contributed by atoms with van der Waals surface area (Å²) in [4.78, 5) is 14.0. The van der Waals surface area contributed by atoms with Gasteiger partial charge in [0.05, 0.1) is 49.3 Å². The Hall–Kier alpha value is -3.95. The number of aromatic nitrogens is 1. The van der Waals surface area contributed by atoms with Crippen molar-refractivity contribution in [2.24, 2.45) is 5.73 Å². The molecule has 0 bridgehead atoms. The van der Waals surface area contributed by atoms with Crippen LogP contribution in [-0.2, 0) is 11.3 Å². The maximum Gasteiger partial charge on any atom is 0.406 e. The summed E-state index contributed by atoms with van der Waals surface area (Å²) in [5.74, 6) is 4.10. The van der Waals surface area contributed by atoms with Crippen LogP contribution in [0.1, 0.15) is 48.7 Å². The number of methoxy groups -OCH3 is 1. The topological polar surface area (TPSA) is 93.8 Å². The largest absolute Gasteiger partial charge is 0.495 e. The normalized spacial score (nSPS) is 21.0. The second-order valence-electron chi connectivity index (χ2n) is 11.5. The van der Waals surface area contributed by atoms with Crippen LogP contribution >= 0.6 is 0 Å². The van der Waals surface area contributed by atoms with E-state index in [1.54, 1.807) is 18.2 Å². The molecule has 3 aromatic rings. The van der Waals surface area contributed by atoms with Crippen LogP contribution in [-0.4, -0.2) is 73.1 Å². The Labute approximate surface area is 253 Å². The zero-order chi connectivity index (χ0) is 31.5. The maximum absolute atomic E-state index is 14.3. The summed E-state index contributed by atoms with van der Waals surface area (Å²) in [5.41, 5.74) is 6.65. The third-order valence-electron chi connectivity index (χ3n) is 8.62. The number of alkyl halides is 3. The predicted octanol–water partition coefficient (Wildman–Crippen LogP) is 5.36. The van der Waals surface area contributed by atoms with Crippen molar-refractivity contribution >= 4 is 28.2 Å². The van der Waals surface area contributed by atoms with Crippen molar-refractivity contribution in [3.05, 3.63) is 53.5 Å². The van der Waals surface area contributed by atoms with Gasteiger partial charge in [-0.25, -0.2) is 4.39 Å². The van der Waals surface area contributed by atoms with Crippen molar-refractivity contribution in [2.75, 3.05) is 50.6 Å². The van der Waals surface area contributed by atoms with E-state index in [1.807, 2.05) is 6.07 Å². The Bertz CT molecular complexity index is 1560. The number of rotatable bonds is 8. The molecule has 1 amide bonds. The Morgan fingerprint density at radius 1 is 1.16 bits per heavy atom.